The summed E-state index contributed by atoms with van der Waals surface area (Å²) in [5, 5.41) is 11.5. The fourth-order valence-electron chi connectivity index (χ4n) is 2.52. The molecule has 0 radical (unpaired) electrons. The van der Waals surface area contributed by atoms with Crippen LogP contribution in [0.15, 0.2) is 8.68 Å². The van der Waals surface area contributed by atoms with Crippen molar-refractivity contribution >= 4 is 40.8 Å². The predicted octanol–water partition coefficient (Wildman–Crippen LogP) is 4.22. The Morgan fingerprint density at radius 3 is 2.73 bits per heavy atom. The molecule has 1 aliphatic rings. The molecule has 0 aliphatic heterocycles. The highest BCUT2D eigenvalue weighted by Gasteiger charge is 2.22. The standard InChI is InChI=1S/C15H25N3OS3/c1-3-4-9-20-14-17-18-15(22-14)21-10-13(19)16-12-8-6-5-7-11(12)2/h11-12H,3-10H2,1-2H3,(H,16,19)/t11-,12+/m0/s1. The van der Waals surface area contributed by atoms with Gasteiger partial charge in [-0.15, -0.1) is 10.2 Å². The van der Waals surface area contributed by atoms with Crippen molar-refractivity contribution < 1.29 is 4.79 Å². The Kier molecular flexibility index (Phi) is 8.03. The molecular weight excluding hydrogens is 334 g/mol. The number of hydrogen-bond acceptors (Lipinski definition) is 6. The zero-order valence-electron chi connectivity index (χ0n) is 13.3. The molecule has 1 aromatic rings. The second-order valence-corrected chi connectivity index (χ2v) is 9.30. The monoisotopic (exact) mass is 359 g/mol. The van der Waals surface area contributed by atoms with Crippen LogP contribution in [0.2, 0.25) is 0 Å². The van der Waals surface area contributed by atoms with Crippen LogP contribution >= 0.6 is 34.9 Å². The lowest BCUT2D eigenvalue weighted by atomic mass is 9.86. The molecule has 0 saturated heterocycles. The molecule has 1 fully saturated rings. The highest BCUT2D eigenvalue weighted by molar-refractivity contribution is 8.03. The van der Waals surface area contributed by atoms with Gasteiger partial charge in [0.1, 0.15) is 0 Å². The van der Waals surface area contributed by atoms with E-state index in [2.05, 4.69) is 29.4 Å². The molecule has 0 spiro atoms. The lowest BCUT2D eigenvalue weighted by Crippen LogP contribution is -2.41. The van der Waals surface area contributed by atoms with E-state index in [1.54, 1.807) is 23.1 Å². The quantitative estimate of drug-likeness (QED) is 0.556. The largest absolute Gasteiger partial charge is 0.352 e. The number of rotatable bonds is 8. The van der Waals surface area contributed by atoms with Crippen molar-refractivity contribution in [2.24, 2.45) is 5.92 Å². The first kappa shape index (κ1) is 18.1. The third-order valence-corrected chi connectivity index (χ3v) is 7.17. The Morgan fingerprint density at radius 2 is 2.00 bits per heavy atom. The maximum atomic E-state index is 12.1. The van der Waals surface area contributed by atoms with E-state index in [9.17, 15) is 4.79 Å². The molecule has 1 amide bonds. The van der Waals surface area contributed by atoms with Crippen molar-refractivity contribution in [2.75, 3.05) is 11.5 Å². The number of unbranched alkanes of at least 4 members (excludes halogenated alkanes) is 1. The average molecular weight is 360 g/mol. The number of nitrogens with zero attached hydrogens (tertiary/aromatic N) is 2. The molecule has 0 unspecified atom stereocenters. The minimum absolute atomic E-state index is 0.124. The molecule has 0 bridgehead atoms. The first-order chi connectivity index (χ1) is 10.7. The smallest absolute Gasteiger partial charge is 0.230 e. The highest BCUT2D eigenvalue weighted by Crippen LogP contribution is 2.29. The third-order valence-electron chi connectivity index (χ3n) is 3.90. The van der Waals surface area contributed by atoms with Gasteiger partial charge >= 0.3 is 0 Å². The molecule has 1 saturated carbocycles. The maximum absolute atomic E-state index is 12.1. The van der Waals surface area contributed by atoms with E-state index < -0.39 is 0 Å². The van der Waals surface area contributed by atoms with E-state index in [1.807, 2.05) is 0 Å². The molecule has 2 atom stereocenters. The Labute approximate surface area is 145 Å². The zero-order valence-corrected chi connectivity index (χ0v) is 15.8. The summed E-state index contributed by atoms with van der Waals surface area (Å²) in [6.07, 6.45) is 7.28. The minimum atomic E-state index is 0.124. The number of aromatic nitrogens is 2. The molecule has 2 rings (SSSR count). The van der Waals surface area contributed by atoms with Gasteiger partial charge in [0.05, 0.1) is 5.75 Å². The summed E-state index contributed by atoms with van der Waals surface area (Å²) in [5.74, 6) is 2.26. The van der Waals surface area contributed by atoms with Gasteiger partial charge in [0.15, 0.2) is 8.68 Å². The van der Waals surface area contributed by atoms with E-state index in [0.29, 0.717) is 17.7 Å². The van der Waals surface area contributed by atoms with Crippen LogP contribution in [0, 0.1) is 5.92 Å². The number of amides is 1. The molecule has 1 aromatic heterocycles. The Hall–Kier alpha value is -0.270. The van der Waals surface area contributed by atoms with Gasteiger partial charge in [-0.25, -0.2) is 0 Å². The van der Waals surface area contributed by atoms with Crippen LogP contribution in [0.3, 0.4) is 0 Å². The van der Waals surface area contributed by atoms with E-state index in [-0.39, 0.29) is 5.91 Å². The van der Waals surface area contributed by atoms with Gasteiger partial charge in [-0.2, -0.15) is 0 Å². The number of thioether (sulfide) groups is 2. The summed E-state index contributed by atoms with van der Waals surface area (Å²) < 4.78 is 1.91. The van der Waals surface area contributed by atoms with Gasteiger partial charge in [0.25, 0.3) is 0 Å². The summed E-state index contributed by atoms with van der Waals surface area (Å²) in [5.41, 5.74) is 0. The lowest BCUT2D eigenvalue weighted by molar-refractivity contribution is -0.119. The Morgan fingerprint density at radius 1 is 1.27 bits per heavy atom. The average Bonchev–Trinajstić information content (AvgIpc) is 2.96. The number of hydrogen-bond donors (Lipinski definition) is 1. The second-order valence-electron chi connectivity index (χ2n) is 5.76. The SMILES string of the molecule is CCCCSc1nnc(SCC(=O)N[C@@H]2CCCC[C@@H]2C)s1. The van der Waals surface area contributed by atoms with E-state index in [0.717, 1.165) is 20.9 Å². The van der Waals surface area contributed by atoms with E-state index >= 15 is 0 Å². The summed E-state index contributed by atoms with van der Waals surface area (Å²) in [6.45, 7) is 4.43. The lowest BCUT2D eigenvalue weighted by Gasteiger charge is -2.29. The molecule has 7 heteroatoms. The molecule has 1 heterocycles. The number of carbonyl (C=O) groups excluding carboxylic acids is 1. The molecule has 1 N–H and O–H groups in total. The molecule has 4 nitrogen and oxygen atoms in total. The molecule has 124 valence electrons. The molecule has 0 aromatic carbocycles. The van der Waals surface area contributed by atoms with Crippen LogP contribution < -0.4 is 5.32 Å². The van der Waals surface area contributed by atoms with Crippen LogP contribution in [0.1, 0.15) is 52.4 Å². The zero-order chi connectivity index (χ0) is 15.8. The highest BCUT2D eigenvalue weighted by atomic mass is 32.2. The summed E-state index contributed by atoms with van der Waals surface area (Å²) in [4.78, 5) is 12.1. The van der Waals surface area contributed by atoms with Gasteiger partial charge < -0.3 is 5.32 Å². The summed E-state index contributed by atoms with van der Waals surface area (Å²) >= 11 is 4.85. The van der Waals surface area contributed by atoms with Crippen molar-refractivity contribution in [3.05, 3.63) is 0 Å². The predicted molar refractivity (Wildman–Crippen MR) is 95.8 cm³/mol. The number of carbonyl (C=O) groups is 1. The van der Waals surface area contributed by atoms with Gasteiger partial charge in [-0.1, -0.05) is 68.0 Å². The van der Waals surface area contributed by atoms with Crippen LogP contribution in [-0.4, -0.2) is 33.7 Å². The van der Waals surface area contributed by atoms with E-state index in [4.69, 9.17) is 0 Å². The first-order valence-corrected chi connectivity index (χ1v) is 10.9. The van der Waals surface area contributed by atoms with Gasteiger partial charge in [0.2, 0.25) is 5.91 Å². The topological polar surface area (TPSA) is 54.9 Å². The van der Waals surface area contributed by atoms with Crippen LogP contribution in [0.4, 0.5) is 0 Å². The van der Waals surface area contributed by atoms with Crippen molar-refractivity contribution in [1.82, 2.24) is 15.5 Å². The minimum Gasteiger partial charge on any atom is -0.352 e. The Balaban J connectivity index is 1.69. The molecule has 22 heavy (non-hydrogen) atoms. The number of nitrogens with one attached hydrogen (secondary N) is 1. The summed E-state index contributed by atoms with van der Waals surface area (Å²) in [7, 11) is 0. The van der Waals surface area contributed by atoms with Crippen LogP contribution in [0.5, 0.6) is 0 Å². The normalized spacial score (nSPS) is 21.7. The third kappa shape index (κ3) is 6.08. The summed E-state index contributed by atoms with van der Waals surface area (Å²) in [6, 6.07) is 0.358. The Bertz CT molecular complexity index is 467. The van der Waals surface area contributed by atoms with Gasteiger partial charge in [-0.3, -0.25) is 4.79 Å². The van der Waals surface area contributed by atoms with Crippen molar-refractivity contribution in [3.8, 4) is 0 Å². The van der Waals surface area contributed by atoms with Gasteiger partial charge in [0, 0.05) is 11.8 Å². The van der Waals surface area contributed by atoms with E-state index in [1.165, 1.54) is 43.9 Å². The van der Waals surface area contributed by atoms with Crippen molar-refractivity contribution in [1.29, 1.82) is 0 Å². The van der Waals surface area contributed by atoms with Crippen molar-refractivity contribution in [3.63, 3.8) is 0 Å². The van der Waals surface area contributed by atoms with Crippen molar-refractivity contribution in [2.45, 2.75) is 67.1 Å². The molecule has 1 aliphatic carbocycles. The van der Waals surface area contributed by atoms with Crippen LogP contribution in [0.25, 0.3) is 0 Å². The fourth-order valence-corrected chi connectivity index (χ4v) is 5.51. The van der Waals surface area contributed by atoms with Gasteiger partial charge in [-0.05, 0) is 25.2 Å². The first-order valence-electron chi connectivity index (χ1n) is 8.07. The molecular formula is C15H25N3OS3. The second kappa shape index (κ2) is 9.78. The van der Waals surface area contributed by atoms with Crippen LogP contribution in [-0.2, 0) is 4.79 Å². The maximum Gasteiger partial charge on any atom is 0.230 e. The fraction of sp³-hybridized carbons (Fsp3) is 0.800.